The van der Waals surface area contributed by atoms with Gasteiger partial charge in [-0.05, 0) is 13.0 Å². The van der Waals surface area contributed by atoms with E-state index in [1.165, 1.54) is 6.92 Å². The van der Waals surface area contributed by atoms with Crippen LogP contribution in [0.1, 0.15) is 27.8 Å². The number of ether oxygens (including phenoxy) is 1. The molecule has 0 amide bonds. The zero-order valence-corrected chi connectivity index (χ0v) is 9.19. The number of aromatic amines is 1. The molecule has 1 aromatic carbocycles. The lowest BCUT2D eigenvalue weighted by atomic mass is 10.0. The van der Waals surface area contributed by atoms with Crippen molar-refractivity contribution in [2.24, 2.45) is 0 Å². The maximum absolute atomic E-state index is 11.6. The van der Waals surface area contributed by atoms with E-state index in [2.05, 4.69) is 21.5 Å². The zero-order chi connectivity index (χ0) is 12.4. The summed E-state index contributed by atoms with van der Waals surface area (Å²) in [7, 11) is 0. The Labute approximate surface area is 97.1 Å². The molecule has 5 heteroatoms. The fraction of sp³-hybridized carbons (Fsp3) is 0.0833. The lowest BCUT2D eigenvalue weighted by molar-refractivity contribution is 0.0660. The third-order valence-corrected chi connectivity index (χ3v) is 2.35. The molecule has 1 aromatic heterocycles. The molecule has 1 heterocycles. The number of hydrogen-bond donors (Lipinski definition) is 1. The van der Waals surface area contributed by atoms with Crippen molar-refractivity contribution in [3.63, 3.8) is 0 Å². The van der Waals surface area contributed by atoms with Gasteiger partial charge in [-0.15, -0.1) is 0 Å². The first-order valence-electron chi connectivity index (χ1n) is 4.95. The molecule has 0 aliphatic carbocycles. The van der Waals surface area contributed by atoms with Crippen LogP contribution < -0.4 is 0 Å². The minimum absolute atomic E-state index is 0.0886. The summed E-state index contributed by atoms with van der Waals surface area (Å²) in [4.78, 5) is 23.1. The van der Waals surface area contributed by atoms with Crippen molar-refractivity contribution in [3.8, 4) is 0 Å². The third-order valence-electron chi connectivity index (χ3n) is 2.35. The van der Waals surface area contributed by atoms with Gasteiger partial charge in [0.2, 0.25) is 0 Å². The van der Waals surface area contributed by atoms with E-state index in [-0.39, 0.29) is 11.5 Å². The van der Waals surface area contributed by atoms with Crippen LogP contribution in [0.4, 0.5) is 0 Å². The highest BCUT2D eigenvalue weighted by atomic mass is 16.5. The van der Waals surface area contributed by atoms with Crippen molar-refractivity contribution < 1.29 is 14.3 Å². The molecule has 0 bridgehead atoms. The van der Waals surface area contributed by atoms with Gasteiger partial charge in [-0.2, -0.15) is 5.10 Å². The molecule has 5 nitrogen and oxygen atoms in total. The number of ketones is 1. The quantitative estimate of drug-likeness (QED) is 0.497. The van der Waals surface area contributed by atoms with Crippen LogP contribution in [0, 0.1) is 0 Å². The molecule has 1 N–H and O–H groups in total. The number of aromatic nitrogens is 2. The largest absolute Gasteiger partial charge is 0.430 e. The van der Waals surface area contributed by atoms with Gasteiger partial charge in [0.05, 0.1) is 11.8 Å². The predicted octanol–water partition coefficient (Wildman–Crippen LogP) is 2.07. The predicted molar refractivity (Wildman–Crippen MR) is 61.7 cm³/mol. The molecule has 86 valence electrons. The molecule has 0 aliphatic rings. The topological polar surface area (TPSA) is 72.0 Å². The summed E-state index contributed by atoms with van der Waals surface area (Å²) in [6.07, 6.45) is 1.03. The first-order chi connectivity index (χ1) is 8.15. The Morgan fingerprint density at radius 1 is 1.47 bits per heavy atom. The number of nitrogens with zero attached hydrogens (tertiary/aromatic N) is 1. The maximum atomic E-state index is 11.6. The first-order valence-corrected chi connectivity index (χ1v) is 4.95. The SMILES string of the molecule is C=COC(=O)c1n[nH]c2cccc(C(C)=O)c12. The number of esters is 1. The van der Waals surface area contributed by atoms with Crippen molar-refractivity contribution in [1.29, 1.82) is 0 Å². The van der Waals surface area contributed by atoms with Gasteiger partial charge in [0.1, 0.15) is 0 Å². The molecule has 0 fully saturated rings. The molecule has 0 aliphatic heterocycles. The number of benzene rings is 1. The Morgan fingerprint density at radius 3 is 2.88 bits per heavy atom. The summed E-state index contributed by atoms with van der Waals surface area (Å²) in [5.41, 5.74) is 1.15. The van der Waals surface area contributed by atoms with Crippen LogP contribution in [-0.2, 0) is 4.74 Å². The molecular formula is C12H10N2O3. The number of nitrogens with one attached hydrogen (secondary N) is 1. The summed E-state index contributed by atoms with van der Waals surface area (Å²) in [6.45, 7) is 4.74. The minimum Gasteiger partial charge on any atom is -0.430 e. The van der Waals surface area contributed by atoms with E-state index in [1.807, 2.05) is 0 Å². The van der Waals surface area contributed by atoms with Crippen LogP contribution >= 0.6 is 0 Å². The highest BCUT2D eigenvalue weighted by Crippen LogP contribution is 2.21. The van der Waals surface area contributed by atoms with Gasteiger partial charge in [-0.3, -0.25) is 9.89 Å². The Hall–Kier alpha value is -2.43. The van der Waals surface area contributed by atoms with E-state index < -0.39 is 5.97 Å². The lowest BCUT2D eigenvalue weighted by Gasteiger charge is -2.00. The molecule has 17 heavy (non-hydrogen) atoms. The van der Waals surface area contributed by atoms with Crippen LogP contribution in [0.25, 0.3) is 10.9 Å². The average Bonchev–Trinajstić information content (AvgIpc) is 2.72. The molecule has 0 saturated heterocycles. The smallest absolute Gasteiger partial charge is 0.364 e. The Kier molecular flexibility index (Phi) is 2.74. The fourth-order valence-corrected chi connectivity index (χ4v) is 1.65. The van der Waals surface area contributed by atoms with Crippen molar-refractivity contribution in [2.45, 2.75) is 6.92 Å². The van der Waals surface area contributed by atoms with Crippen LogP contribution in [0.3, 0.4) is 0 Å². The normalized spacial score (nSPS) is 10.2. The molecular weight excluding hydrogens is 220 g/mol. The second-order valence-corrected chi connectivity index (χ2v) is 3.43. The van der Waals surface area contributed by atoms with Gasteiger partial charge >= 0.3 is 5.97 Å². The fourth-order valence-electron chi connectivity index (χ4n) is 1.65. The molecule has 2 aromatic rings. The number of Topliss-reactive ketones (excluding diaryl/α,β-unsaturated/α-hetero) is 1. The van der Waals surface area contributed by atoms with E-state index in [0.29, 0.717) is 16.5 Å². The van der Waals surface area contributed by atoms with Crippen LogP contribution in [0.5, 0.6) is 0 Å². The van der Waals surface area contributed by atoms with E-state index in [9.17, 15) is 9.59 Å². The van der Waals surface area contributed by atoms with E-state index in [0.717, 1.165) is 6.26 Å². The standard InChI is InChI=1S/C12H10N2O3/c1-3-17-12(16)11-10-8(7(2)15)5-4-6-9(10)13-14-11/h3-6H,1H2,2H3,(H,13,14). The number of carbonyl (C=O) groups excluding carboxylic acids is 2. The lowest BCUT2D eigenvalue weighted by Crippen LogP contribution is -2.03. The Bertz CT molecular complexity index is 613. The Balaban J connectivity index is 2.69. The van der Waals surface area contributed by atoms with Crippen LogP contribution in [0.2, 0.25) is 0 Å². The summed E-state index contributed by atoms with van der Waals surface area (Å²) >= 11 is 0. The maximum Gasteiger partial charge on any atom is 0.364 e. The molecule has 0 unspecified atom stereocenters. The monoisotopic (exact) mass is 230 g/mol. The van der Waals surface area contributed by atoms with Gasteiger partial charge < -0.3 is 4.74 Å². The number of rotatable bonds is 3. The zero-order valence-electron chi connectivity index (χ0n) is 9.19. The second-order valence-electron chi connectivity index (χ2n) is 3.43. The average molecular weight is 230 g/mol. The van der Waals surface area contributed by atoms with Crippen molar-refractivity contribution in [1.82, 2.24) is 10.2 Å². The Morgan fingerprint density at radius 2 is 2.24 bits per heavy atom. The molecule has 0 spiro atoms. The number of H-pyrrole nitrogens is 1. The van der Waals surface area contributed by atoms with Gasteiger partial charge in [-0.1, -0.05) is 18.7 Å². The van der Waals surface area contributed by atoms with Gasteiger partial charge in [0.15, 0.2) is 11.5 Å². The van der Waals surface area contributed by atoms with Crippen LogP contribution in [0.15, 0.2) is 31.0 Å². The first kappa shape index (κ1) is 11.1. The number of carbonyl (C=O) groups is 2. The summed E-state index contributed by atoms with van der Waals surface area (Å²) < 4.78 is 4.66. The highest BCUT2D eigenvalue weighted by Gasteiger charge is 2.19. The van der Waals surface area contributed by atoms with Gasteiger partial charge in [0, 0.05) is 10.9 Å². The number of fused-ring (bicyclic) bond motifs is 1. The van der Waals surface area contributed by atoms with Crippen molar-refractivity contribution >= 4 is 22.7 Å². The number of hydrogen-bond acceptors (Lipinski definition) is 4. The van der Waals surface area contributed by atoms with Crippen molar-refractivity contribution in [3.05, 3.63) is 42.3 Å². The van der Waals surface area contributed by atoms with E-state index in [4.69, 9.17) is 0 Å². The second kappa shape index (κ2) is 4.21. The minimum atomic E-state index is -0.639. The van der Waals surface area contributed by atoms with Gasteiger partial charge in [-0.25, -0.2) is 4.79 Å². The molecule has 2 rings (SSSR count). The van der Waals surface area contributed by atoms with Crippen molar-refractivity contribution in [2.75, 3.05) is 0 Å². The highest BCUT2D eigenvalue weighted by molar-refractivity contribution is 6.13. The molecule has 0 radical (unpaired) electrons. The van der Waals surface area contributed by atoms with Crippen LogP contribution in [-0.4, -0.2) is 21.9 Å². The molecule has 0 atom stereocenters. The van der Waals surface area contributed by atoms with E-state index >= 15 is 0 Å². The van der Waals surface area contributed by atoms with Gasteiger partial charge in [0.25, 0.3) is 0 Å². The summed E-state index contributed by atoms with van der Waals surface area (Å²) in [5.74, 6) is -0.774. The van der Waals surface area contributed by atoms with E-state index in [1.54, 1.807) is 18.2 Å². The summed E-state index contributed by atoms with van der Waals surface area (Å²) in [5, 5.41) is 7.02. The summed E-state index contributed by atoms with van der Waals surface area (Å²) in [6, 6.07) is 5.10. The molecule has 0 saturated carbocycles. The third kappa shape index (κ3) is 1.82.